The lowest BCUT2D eigenvalue weighted by Crippen LogP contribution is -2.48. The predicted octanol–water partition coefficient (Wildman–Crippen LogP) is 4.70. The topological polar surface area (TPSA) is 62.2 Å². The van der Waals surface area contributed by atoms with Crippen LogP contribution in [-0.4, -0.2) is 51.9 Å². The molecule has 158 valence electrons. The lowest BCUT2D eigenvalue weighted by atomic mass is 10.1. The smallest absolute Gasteiger partial charge is 0.265 e. The molecule has 0 radical (unpaired) electrons. The van der Waals surface area contributed by atoms with Crippen molar-refractivity contribution in [3.05, 3.63) is 58.2 Å². The number of carbonyl (C=O) groups excluding carboxylic acids is 1. The van der Waals surface area contributed by atoms with Crippen molar-refractivity contribution in [2.75, 3.05) is 31.1 Å². The second-order valence-corrected chi connectivity index (χ2v) is 9.81. The molecule has 0 saturated carbocycles. The van der Waals surface area contributed by atoms with Crippen LogP contribution < -0.4 is 4.90 Å². The van der Waals surface area contributed by atoms with Gasteiger partial charge in [0, 0.05) is 37.9 Å². The van der Waals surface area contributed by atoms with Gasteiger partial charge in [0.1, 0.15) is 20.2 Å². The van der Waals surface area contributed by atoms with Crippen LogP contribution in [0.4, 0.5) is 5.13 Å². The molecule has 1 aromatic carbocycles. The van der Waals surface area contributed by atoms with Crippen molar-refractivity contribution >= 4 is 44.1 Å². The van der Waals surface area contributed by atoms with Gasteiger partial charge in [-0.15, -0.1) is 11.3 Å². The molecule has 1 fully saturated rings. The van der Waals surface area contributed by atoms with Crippen LogP contribution in [0.1, 0.15) is 26.5 Å². The van der Waals surface area contributed by atoms with Crippen molar-refractivity contribution < 1.29 is 4.79 Å². The lowest BCUT2D eigenvalue weighted by Gasteiger charge is -2.34. The molecule has 31 heavy (non-hydrogen) atoms. The van der Waals surface area contributed by atoms with Gasteiger partial charge in [-0.25, -0.2) is 15.0 Å². The van der Waals surface area contributed by atoms with Crippen molar-refractivity contribution in [2.45, 2.75) is 20.8 Å². The average molecular weight is 450 g/mol. The summed E-state index contributed by atoms with van der Waals surface area (Å²) in [6.07, 6.45) is 1.80. The van der Waals surface area contributed by atoms with Gasteiger partial charge in [0.25, 0.3) is 5.91 Å². The Labute approximate surface area is 189 Å². The lowest BCUT2D eigenvalue weighted by molar-refractivity contribution is 0.0750. The normalized spacial score (nSPS) is 14.4. The van der Waals surface area contributed by atoms with Crippen LogP contribution in [0.5, 0.6) is 0 Å². The first kappa shape index (κ1) is 20.1. The first-order valence-corrected chi connectivity index (χ1v) is 11.9. The van der Waals surface area contributed by atoms with Crippen molar-refractivity contribution in [1.82, 2.24) is 19.9 Å². The second-order valence-electron chi connectivity index (χ2n) is 7.86. The highest BCUT2D eigenvalue weighted by Crippen LogP contribution is 2.32. The number of thiazole rings is 2. The molecule has 1 saturated heterocycles. The third-order valence-electron chi connectivity index (χ3n) is 5.60. The zero-order valence-corrected chi connectivity index (χ0v) is 19.4. The van der Waals surface area contributed by atoms with E-state index in [0.29, 0.717) is 13.1 Å². The molecule has 0 bridgehead atoms. The first-order valence-electron chi connectivity index (χ1n) is 10.3. The van der Waals surface area contributed by atoms with E-state index < -0.39 is 0 Å². The van der Waals surface area contributed by atoms with E-state index >= 15 is 0 Å². The quantitative estimate of drug-likeness (QED) is 0.454. The zero-order valence-electron chi connectivity index (χ0n) is 17.8. The predicted molar refractivity (Wildman–Crippen MR) is 127 cm³/mol. The van der Waals surface area contributed by atoms with Crippen LogP contribution in [0.3, 0.4) is 0 Å². The van der Waals surface area contributed by atoms with Gasteiger partial charge < -0.3 is 9.80 Å². The van der Waals surface area contributed by atoms with E-state index in [-0.39, 0.29) is 5.91 Å². The van der Waals surface area contributed by atoms with E-state index in [0.717, 1.165) is 49.7 Å². The summed E-state index contributed by atoms with van der Waals surface area (Å²) in [5.74, 6) is 0.0802. The van der Waals surface area contributed by atoms with E-state index in [1.54, 1.807) is 17.5 Å². The molecule has 0 spiro atoms. The van der Waals surface area contributed by atoms with Crippen LogP contribution in [-0.2, 0) is 0 Å². The largest absolute Gasteiger partial charge is 0.344 e. The van der Waals surface area contributed by atoms with Gasteiger partial charge in [-0.2, -0.15) is 0 Å². The fourth-order valence-corrected chi connectivity index (χ4v) is 5.99. The summed E-state index contributed by atoms with van der Waals surface area (Å²) < 4.78 is 0. The summed E-state index contributed by atoms with van der Waals surface area (Å²) in [5, 5.41) is 1.89. The summed E-state index contributed by atoms with van der Waals surface area (Å²) in [5.41, 5.74) is 5.26. The zero-order chi connectivity index (χ0) is 21.5. The Bertz CT molecular complexity index is 1240. The van der Waals surface area contributed by atoms with Crippen LogP contribution in [0.2, 0.25) is 0 Å². The maximum Gasteiger partial charge on any atom is 0.265 e. The Morgan fingerprint density at radius 3 is 2.55 bits per heavy atom. The number of benzene rings is 1. The monoisotopic (exact) mass is 449 g/mol. The van der Waals surface area contributed by atoms with Crippen LogP contribution in [0, 0.1) is 20.8 Å². The number of hydrogen-bond donors (Lipinski definition) is 0. The fourth-order valence-electron chi connectivity index (χ4n) is 3.90. The number of hydrogen-bond acceptors (Lipinski definition) is 7. The number of rotatable bonds is 3. The SMILES string of the molecule is Cc1ccc(-c2nc(C)c(C(=O)N3CCN(c4nc5cccnc5s4)CC3)s2)c(C)c1. The molecule has 3 aromatic heterocycles. The number of amides is 1. The van der Waals surface area contributed by atoms with Crippen LogP contribution in [0.15, 0.2) is 36.5 Å². The molecule has 8 heteroatoms. The van der Waals surface area contributed by atoms with Gasteiger partial charge in [-0.1, -0.05) is 35.1 Å². The summed E-state index contributed by atoms with van der Waals surface area (Å²) in [7, 11) is 0. The summed E-state index contributed by atoms with van der Waals surface area (Å²) >= 11 is 3.11. The molecular formula is C23H23N5OS2. The van der Waals surface area contributed by atoms with E-state index in [9.17, 15) is 4.79 Å². The molecule has 0 aliphatic carbocycles. The molecule has 0 unspecified atom stereocenters. The van der Waals surface area contributed by atoms with Crippen molar-refractivity contribution in [2.24, 2.45) is 0 Å². The molecule has 1 aliphatic heterocycles. The molecule has 0 atom stereocenters. The number of anilines is 1. The fraction of sp³-hybridized carbons (Fsp3) is 0.304. The van der Waals surface area contributed by atoms with Crippen molar-refractivity contribution in [3.63, 3.8) is 0 Å². The summed E-state index contributed by atoms with van der Waals surface area (Å²) in [6.45, 7) is 9.01. The molecule has 0 N–H and O–H groups in total. The Balaban J connectivity index is 1.31. The number of pyridine rings is 1. The summed E-state index contributed by atoms with van der Waals surface area (Å²) in [4.78, 5) is 32.9. The number of nitrogens with zero attached hydrogens (tertiary/aromatic N) is 5. The van der Waals surface area contributed by atoms with Gasteiger partial charge in [0.2, 0.25) is 0 Å². The van der Waals surface area contributed by atoms with Gasteiger partial charge in [-0.05, 0) is 38.5 Å². The van der Waals surface area contributed by atoms with E-state index in [1.165, 1.54) is 22.5 Å². The molecule has 4 aromatic rings. The molecule has 1 aliphatic rings. The minimum atomic E-state index is 0.0802. The highest BCUT2D eigenvalue weighted by molar-refractivity contribution is 7.21. The molecule has 4 heterocycles. The van der Waals surface area contributed by atoms with E-state index in [1.807, 2.05) is 24.0 Å². The number of carbonyl (C=O) groups is 1. The number of fused-ring (bicyclic) bond motifs is 1. The number of aromatic nitrogens is 3. The van der Waals surface area contributed by atoms with Crippen LogP contribution >= 0.6 is 22.7 Å². The summed E-state index contributed by atoms with van der Waals surface area (Å²) in [6, 6.07) is 10.2. The minimum absolute atomic E-state index is 0.0802. The van der Waals surface area contributed by atoms with E-state index in [4.69, 9.17) is 9.97 Å². The van der Waals surface area contributed by atoms with Gasteiger partial charge >= 0.3 is 0 Å². The van der Waals surface area contributed by atoms with Crippen molar-refractivity contribution in [1.29, 1.82) is 0 Å². The Kier molecular flexibility index (Phi) is 5.19. The second kappa shape index (κ2) is 8.01. The number of aryl methyl sites for hydroxylation is 3. The van der Waals surface area contributed by atoms with Crippen molar-refractivity contribution in [3.8, 4) is 10.6 Å². The van der Waals surface area contributed by atoms with Crippen LogP contribution in [0.25, 0.3) is 20.9 Å². The number of piperazine rings is 1. The van der Waals surface area contributed by atoms with Gasteiger partial charge in [0.15, 0.2) is 5.13 Å². The molecule has 6 nitrogen and oxygen atoms in total. The Hall–Kier alpha value is -2.84. The highest BCUT2D eigenvalue weighted by atomic mass is 32.1. The molecule has 5 rings (SSSR count). The highest BCUT2D eigenvalue weighted by Gasteiger charge is 2.27. The minimum Gasteiger partial charge on any atom is -0.344 e. The van der Waals surface area contributed by atoms with Gasteiger partial charge in [-0.3, -0.25) is 4.79 Å². The Morgan fingerprint density at radius 1 is 1.00 bits per heavy atom. The van der Waals surface area contributed by atoms with E-state index in [2.05, 4.69) is 41.9 Å². The Morgan fingerprint density at radius 2 is 1.81 bits per heavy atom. The average Bonchev–Trinajstić information content (AvgIpc) is 3.37. The maximum absolute atomic E-state index is 13.2. The standard InChI is InChI=1S/C23H23N5OS2/c1-14-6-7-17(15(2)13-14)20-25-16(3)19(30-20)22(29)27-9-11-28(12-10-27)23-26-18-5-4-8-24-21(18)31-23/h4-8,13H,9-12H2,1-3H3. The maximum atomic E-state index is 13.2. The third-order valence-corrected chi connectivity index (χ3v) is 7.81. The van der Waals surface area contributed by atoms with Gasteiger partial charge in [0.05, 0.1) is 5.69 Å². The first-order chi connectivity index (χ1) is 15.0. The molecular weight excluding hydrogens is 426 g/mol. The third kappa shape index (κ3) is 3.81. The molecule has 1 amide bonds.